The van der Waals surface area contributed by atoms with Gasteiger partial charge in [0.05, 0.1) is 10.6 Å². The minimum atomic E-state index is -0.931. The first-order valence-electron chi connectivity index (χ1n) is 5.59. The Balaban J connectivity index is 2.16. The van der Waals surface area contributed by atoms with Gasteiger partial charge in [-0.3, -0.25) is 0 Å². The van der Waals surface area contributed by atoms with Crippen LogP contribution in [0.25, 0.3) is 21.1 Å². The van der Waals surface area contributed by atoms with E-state index in [-0.39, 0.29) is 4.88 Å². The molecule has 0 atom stereocenters. The molecule has 5 heteroatoms. The van der Waals surface area contributed by atoms with E-state index in [9.17, 15) is 9.90 Å². The van der Waals surface area contributed by atoms with Crippen LogP contribution in [-0.4, -0.2) is 16.1 Å². The molecular formula is C14H9NO2S2. The Hall–Kier alpha value is -1.98. The third-order valence-corrected chi connectivity index (χ3v) is 4.68. The highest BCUT2D eigenvalue weighted by Crippen LogP contribution is 2.35. The first kappa shape index (κ1) is 12.1. The molecule has 3 rings (SSSR count). The Bertz CT molecular complexity index is 702. The van der Waals surface area contributed by atoms with Crippen LogP contribution in [0.3, 0.4) is 0 Å². The third kappa shape index (κ3) is 2.30. The van der Waals surface area contributed by atoms with E-state index in [1.165, 1.54) is 11.3 Å². The molecule has 0 saturated carbocycles. The number of carbonyl (C=O) groups is 1. The fourth-order valence-corrected chi connectivity index (χ4v) is 3.49. The van der Waals surface area contributed by atoms with Gasteiger partial charge in [-0.15, -0.1) is 22.7 Å². The highest BCUT2D eigenvalue weighted by atomic mass is 32.1. The van der Waals surface area contributed by atoms with Gasteiger partial charge in [-0.2, -0.15) is 0 Å². The summed E-state index contributed by atoms with van der Waals surface area (Å²) in [5.74, 6) is -0.931. The molecule has 0 aliphatic rings. The van der Waals surface area contributed by atoms with Crippen LogP contribution in [0.4, 0.5) is 0 Å². The summed E-state index contributed by atoms with van der Waals surface area (Å²) >= 11 is 2.78. The maximum Gasteiger partial charge on any atom is 0.348 e. The van der Waals surface area contributed by atoms with E-state index in [1.54, 1.807) is 11.3 Å². The van der Waals surface area contributed by atoms with Crippen molar-refractivity contribution in [3.8, 4) is 21.1 Å². The normalized spacial score (nSPS) is 10.5. The van der Waals surface area contributed by atoms with Crippen molar-refractivity contribution in [1.82, 2.24) is 4.98 Å². The van der Waals surface area contributed by atoms with Gasteiger partial charge >= 0.3 is 5.97 Å². The number of hydrogen-bond donors (Lipinski definition) is 1. The second-order valence-corrected chi connectivity index (χ2v) is 5.79. The molecule has 0 bridgehead atoms. The van der Waals surface area contributed by atoms with Crippen LogP contribution in [0.5, 0.6) is 0 Å². The number of carboxylic acid groups (broad SMARTS) is 1. The van der Waals surface area contributed by atoms with Crippen LogP contribution < -0.4 is 0 Å². The highest BCUT2D eigenvalue weighted by Gasteiger charge is 2.19. The molecule has 2 aromatic heterocycles. The third-order valence-electron chi connectivity index (χ3n) is 2.60. The molecule has 1 aromatic carbocycles. The number of thiophene rings is 1. The largest absolute Gasteiger partial charge is 0.477 e. The monoisotopic (exact) mass is 287 g/mol. The Morgan fingerprint density at radius 1 is 1.11 bits per heavy atom. The number of thiazole rings is 1. The smallest absolute Gasteiger partial charge is 0.348 e. The van der Waals surface area contributed by atoms with Gasteiger partial charge in [0.15, 0.2) is 0 Å². The second kappa shape index (κ2) is 4.95. The van der Waals surface area contributed by atoms with E-state index >= 15 is 0 Å². The molecule has 0 radical (unpaired) electrons. The summed E-state index contributed by atoms with van der Waals surface area (Å²) in [4.78, 5) is 17.1. The van der Waals surface area contributed by atoms with Gasteiger partial charge in [0, 0.05) is 5.56 Å². The Morgan fingerprint density at radius 3 is 2.53 bits per heavy atom. The fourth-order valence-electron chi connectivity index (χ4n) is 1.76. The van der Waals surface area contributed by atoms with E-state index in [4.69, 9.17) is 0 Å². The van der Waals surface area contributed by atoms with Gasteiger partial charge in [0.1, 0.15) is 9.88 Å². The standard InChI is InChI=1S/C14H9NO2S2/c16-14(17)12-11(9-5-2-1-3-6-9)15-13(19-12)10-7-4-8-18-10/h1-8H,(H,16,17). The van der Waals surface area contributed by atoms with Crippen molar-refractivity contribution in [2.45, 2.75) is 0 Å². The lowest BCUT2D eigenvalue weighted by atomic mass is 10.1. The lowest BCUT2D eigenvalue weighted by molar-refractivity contribution is 0.0702. The van der Waals surface area contributed by atoms with Crippen LogP contribution >= 0.6 is 22.7 Å². The highest BCUT2D eigenvalue weighted by molar-refractivity contribution is 7.22. The van der Waals surface area contributed by atoms with Crippen molar-refractivity contribution < 1.29 is 9.90 Å². The molecule has 0 aliphatic carbocycles. The topological polar surface area (TPSA) is 50.2 Å². The van der Waals surface area contributed by atoms with Gasteiger partial charge in [0.2, 0.25) is 0 Å². The zero-order valence-electron chi connectivity index (χ0n) is 9.74. The maximum atomic E-state index is 11.4. The van der Waals surface area contributed by atoms with E-state index in [1.807, 2.05) is 47.8 Å². The summed E-state index contributed by atoms with van der Waals surface area (Å²) < 4.78 is 0. The predicted octanol–water partition coefficient (Wildman–Crippen LogP) is 4.24. The Labute approximate surface area is 117 Å². The van der Waals surface area contributed by atoms with Crippen molar-refractivity contribution in [3.63, 3.8) is 0 Å². The molecule has 2 heterocycles. The van der Waals surface area contributed by atoms with Gasteiger partial charge in [-0.1, -0.05) is 36.4 Å². The molecule has 3 aromatic rings. The van der Waals surface area contributed by atoms with Crippen molar-refractivity contribution in [2.75, 3.05) is 0 Å². The molecule has 0 unspecified atom stereocenters. The average molecular weight is 287 g/mol. The number of rotatable bonds is 3. The van der Waals surface area contributed by atoms with Gasteiger partial charge in [0.25, 0.3) is 0 Å². The molecule has 94 valence electrons. The molecule has 0 spiro atoms. The Morgan fingerprint density at radius 2 is 1.89 bits per heavy atom. The molecule has 3 nitrogen and oxygen atoms in total. The molecular weight excluding hydrogens is 278 g/mol. The lowest BCUT2D eigenvalue weighted by Crippen LogP contribution is -1.95. The van der Waals surface area contributed by atoms with Gasteiger partial charge < -0.3 is 5.11 Å². The quantitative estimate of drug-likeness (QED) is 0.784. The Kier molecular flexibility index (Phi) is 3.15. The number of carboxylic acids is 1. The van der Waals surface area contributed by atoms with Crippen LogP contribution in [0.1, 0.15) is 9.67 Å². The summed E-state index contributed by atoms with van der Waals surface area (Å²) in [6.45, 7) is 0. The SMILES string of the molecule is O=C(O)c1sc(-c2cccs2)nc1-c1ccccc1. The number of hydrogen-bond acceptors (Lipinski definition) is 4. The van der Waals surface area contributed by atoms with E-state index in [0.717, 1.165) is 15.4 Å². The summed E-state index contributed by atoms with van der Waals surface area (Å²) in [5, 5.41) is 12.0. The first-order valence-corrected chi connectivity index (χ1v) is 7.29. The van der Waals surface area contributed by atoms with Crippen molar-refractivity contribution >= 4 is 28.6 Å². The average Bonchev–Trinajstić information content (AvgIpc) is 3.08. The number of nitrogens with zero attached hydrogens (tertiary/aromatic N) is 1. The summed E-state index contributed by atoms with van der Waals surface area (Å²) in [5.41, 5.74) is 1.38. The molecule has 1 N–H and O–H groups in total. The molecule has 0 saturated heterocycles. The second-order valence-electron chi connectivity index (χ2n) is 3.85. The van der Waals surface area contributed by atoms with Gasteiger partial charge in [-0.05, 0) is 11.4 Å². The van der Waals surface area contributed by atoms with E-state index < -0.39 is 5.97 Å². The minimum Gasteiger partial charge on any atom is -0.477 e. The number of aromatic carboxylic acids is 1. The molecule has 0 aliphatic heterocycles. The van der Waals surface area contributed by atoms with E-state index in [2.05, 4.69) is 4.98 Å². The molecule has 0 fully saturated rings. The van der Waals surface area contributed by atoms with Crippen LogP contribution in [0.2, 0.25) is 0 Å². The summed E-state index contributed by atoms with van der Waals surface area (Å²) in [6.07, 6.45) is 0. The number of benzene rings is 1. The predicted molar refractivity (Wildman–Crippen MR) is 77.8 cm³/mol. The summed E-state index contributed by atoms with van der Waals surface area (Å²) in [6, 6.07) is 13.3. The van der Waals surface area contributed by atoms with Crippen molar-refractivity contribution in [1.29, 1.82) is 0 Å². The molecule has 0 amide bonds. The zero-order valence-corrected chi connectivity index (χ0v) is 11.4. The van der Waals surface area contributed by atoms with Crippen LogP contribution in [0.15, 0.2) is 47.8 Å². The summed E-state index contributed by atoms with van der Waals surface area (Å²) in [7, 11) is 0. The molecule has 19 heavy (non-hydrogen) atoms. The maximum absolute atomic E-state index is 11.4. The lowest BCUT2D eigenvalue weighted by Gasteiger charge is -1.97. The zero-order chi connectivity index (χ0) is 13.2. The minimum absolute atomic E-state index is 0.287. The van der Waals surface area contributed by atoms with Crippen molar-refractivity contribution in [2.24, 2.45) is 0 Å². The van der Waals surface area contributed by atoms with Gasteiger partial charge in [-0.25, -0.2) is 9.78 Å². The first-order chi connectivity index (χ1) is 9.25. The van der Waals surface area contributed by atoms with Crippen LogP contribution in [0, 0.1) is 0 Å². The van der Waals surface area contributed by atoms with Crippen LogP contribution in [-0.2, 0) is 0 Å². The number of aromatic nitrogens is 1. The van der Waals surface area contributed by atoms with Crippen molar-refractivity contribution in [3.05, 3.63) is 52.7 Å². The van der Waals surface area contributed by atoms with E-state index in [0.29, 0.717) is 5.69 Å². The fraction of sp³-hybridized carbons (Fsp3) is 0.